The van der Waals surface area contributed by atoms with Crippen molar-refractivity contribution < 1.29 is 4.21 Å². The van der Waals surface area contributed by atoms with E-state index in [1.54, 1.807) is 0 Å². The van der Waals surface area contributed by atoms with Crippen LogP contribution >= 0.6 is 0 Å². The van der Waals surface area contributed by atoms with Crippen molar-refractivity contribution in [2.75, 3.05) is 0 Å². The number of rotatable bonds is 2. The van der Waals surface area contributed by atoms with E-state index in [1.165, 1.54) is 0 Å². The van der Waals surface area contributed by atoms with E-state index in [2.05, 4.69) is 6.92 Å². The molecule has 0 saturated heterocycles. The molecule has 0 aliphatic heterocycles. The van der Waals surface area contributed by atoms with E-state index in [1.807, 2.05) is 33.8 Å². The normalized spacial score (nSPS) is 16.6. The van der Waals surface area contributed by atoms with Crippen LogP contribution in [0.5, 0.6) is 0 Å². The average Bonchev–Trinajstić information content (AvgIpc) is 1.85. The minimum Gasteiger partial charge on any atom is -0.254 e. The Morgan fingerprint density at radius 1 is 1.45 bits per heavy atom. The van der Waals surface area contributed by atoms with Crippen LogP contribution in [0.15, 0.2) is 11.0 Å². The molecule has 0 amide bonds. The zero-order valence-corrected chi connectivity index (χ0v) is 8.92. The predicted molar refractivity (Wildman–Crippen MR) is 51.9 cm³/mol. The van der Waals surface area contributed by atoms with Crippen molar-refractivity contribution >= 4 is 10.8 Å². The molecule has 0 N–H and O–H groups in total. The van der Waals surface area contributed by atoms with Gasteiger partial charge in [-0.15, -0.1) is 0 Å². The maximum absolute atomic E-state index is 11.6. The molecule has 11 heavy (non-hydrogen) atoms. The van der Waals surface area contributed by atoms with E-state index in [-0.39, 0.29) is 4.75 Å². The molecule has 1 atom stereocenters. The van der Waals surface area contributed by atoms with Gasteiger partial charge in [-0.05, 0) is 34.1 Å². The van der Waals surface area contributed by atoms with Gasteiger partial charge in [0.25, 0.3) is 0 Å². The first-order valence-corrected chi connectivity index (χ1v) is 5.13. The van der Waals surface area contributed by atoms with E-state index in [0.717, 1.165) is 11.3 Å². The van der Waals surface area contributed by atoms with Crippen molar-refractivity contribution in [3.05, 3.63) is 11.0 Å². The summed E-state index contributed by atoms with van der Waals surface area (Å²) < 4.78 is 11.5. The molecule has 0 fully saturated rings. The molecule has 0 aromatic carbocycles. The Balaban J connectivity index is 4.39. The van der Waals surface area contributed by atoms with E-state index in [4.69, 9.17) is 0 Å². The second kappa shape index (κ2) is 4.05. The van der Waals surface area contributed by atoms with Crippen LogP contribution in [0.3, 0.4) is 0 Å². The Hall–Kier alpha value is -0.110. The molecular weight excluding hydrogens is 156 g/mol. The molecule has 0 aromatic heterocycles. The van der Waals surface area contributed by atoms with Gasteiger partial charge in [0, 0.05) is 9.65 Å². The third-order valence-corrected chi connectivity index (χ3v) is 3.20. The zero-order valence-electron chi connectivity index (χ0n) is 8.10. The Labute approximate surface area is 72.3 Å². The third kappa shape index (κ3) is 3.71. The molecule has 0 spiro atoms. The van der Waals surface area contributed by atoms with Crippen molar-refractivity contribution in [3.8, 4) is 0 Å². The van der Waals surface area contributed by atoms with Crippen LogP contribution in [-0.2, 0) is 10.8 Å². The van der Waals surface area contributed by atoms with Crippen LogP contribution in [0.2, 0.25) is 0 Å². The zero-order chi connectivity index (χ0) is 9.07. The first-order chi connectivity index (χ1) is 4.89. The van der Waals surface area contributed by atoms with Crippen LogP contribution in [0.25, 0.3) is 0 Å². The first kappa shape index (κ1) is 10.9. The largest absolute Gasteiger partial charge is 0.254 e. The monoisotopic (exact) mass is 174 g/mol. The molecule has 0 saturated carbocycles. The Bertz CT molecular complexity index is 174. The summed E-state index contributed by atoms with van der Waals surface area (Å²) in [7, 11) is -0.821. The van der Waals surface area contributed by atoms with Gasteiger partial charge in [-0.1, -0.05) is 13.0 Å². The van der Waals surface area contributed by atoms with Gasteiger partial charge >= 0.3 is 0 Å². The van der Waals surface area contributed by atoms with E-state index in [9.17, 15) is 4.21 Å². The third-order valence-electron chi connectivity index (χ3n) is 1.34. The molecule has 1 nitrogen and oxygen atoms in total. The maximum Gasteiger partial charge on any atom is 0.0536 e. The summed E-state index contributed by atoms with van der Waals surface area (Å²) in [6.45, 7) is 9.98. The molecule has 0 aliphatic rings. The molecular formula is C9H18OS. The van der Waals surface area contributed by atoms with Gasteiger partial charge in [-0.3, -0.25) is 4.21 Å². The second-order valence-corrected chi connectivity index (χ2v) is 6.01. The molecule has 66 valence electrons. The summed E-state index contributed by atoms with van der Waals surface area (Å²) in [6, 6.07) is 0. The van der Waals surface area contributed by atoms with Crippen LogP contribution < -0.4 is 0 Å². The Kier molecular flexibility index (Phi) is 4.01. The van der Waals surface area contributed by atoms with Gasteiger partial charge in [-0.2, -0.15) is 0 Å². The topological polar surface area (TPSA) is 17.1 Å². The van der Waals surface area contributed by atoms with Crippen molar-refractivity contribution in [1.29, 1.82) is 0 Å². The van der Waals surface area contributed by atoms with E-state index >= 15 is 0 Å². The first-order valence-electron chi connectivity index (χ1n) is 3.98. The SMILES string of the molecule is CCC=C(C)S(=O)C(C)(C)C. The fourth-order valence-electron chi connectivity index (χ4n) is 0.846. The highest BCUT2D eigenvalue weighted by molar-refractivity contribution is 7.90. The summed E-state index contributed by atoms with van der Waals surface area (Å²) in [5.41, 5.74) is 0. The van der Waals surface area contributed by atoms with Crippen molar-refractivity contribution in [2.45, 2.75) is 45.8 Å². The van der Waals surface area contributed by atoms with E-state index < -0.39 is 10.8 Å². The highest BCUT2D eigenvalue weighted by Crippen LogP contribution is 2.18. The van der Waals surface area contributed by atoms with Gasteiger partial charge in [0.1, 0.15) is 0 Å². The summed E-state index contributed by atoms with van der Waals surface area (Å²) >= 11 is 0. The molecule has 0 aliphatic carbocycles. The Morgan fingerprint density at radius 3 is 2.18 bits per heavy atom. The smallest absolute Gasteiger partial charge is 0.0536 e. The second-order valence-electron chi connectivity index (χ2n) is 3.60. The van der Waals surface area contributed by atoms with Crippen LogP contribution in [0.4, 0.5) is 0 Å². The number of allylic oxidation sites excluding steroid dienone is 2. The number of hydrogen-bond donors (Lipinski definition) is 0. The van der Waals surface area contributed by atoms with Gasteiger partial charge in [-0.25, -0.2) is 0 Å². The molecule has 0 heterocycles. The van der Waals surface area contributed by atoms with Crippen molar-refractivity contribution in [3.63, 3.8) is 0 Å². The molecule has 0 aromatic rings. The van der Waals surface area contributed by atoms with Crippen LogP contribution in [0, 0.1) is 0 Å². The lowest BCUT2D eigenvalue weighted by molar-refractivity contribution is 0.654. The molecule has 0 radical (unpaired) electrons. The average molecular weight is 174 g/mol. The molecule has 2 heteroatoms. The van der Waals surface area contributed by atoms with Gasteiger partial charge < -0.3 is 0 Å². The maximum atomic E-state index is 11.6. The van der Waals surface area contributed by atoms with Gasteiger partial charge in [0.05, 0.1) is 10.8 Å². The highest BCUT2D eigenvalue weighted by atomic mass is 32.2. The minimum absolute atomic E-state index is 0.115. The lowest BCUT2D eigenvalue weighted by atomic mass is 10.3. The highest BCUT2D eigenvalue weighted by Gasteiger charge is 2.20. The van der Waals surface area contributed by atoms with Gasteiger partial charge in [0.15, 0.2) is 0 Å². The fourth-order valence-corrected chi connectivity index (χ4v) is 2.13. The number of hydrogen-bond acceptors (Lipinski definition) is 1. The summed E-state index contributed by atoms with van der Waals surface area (Å²) in [6.07, 6.45) is 3.00. The lowest BCUT2D eigenvalue weighted by Crippen LogP contribution is -2.21. The molecule has 1 unspecified atom stereocenters. The lowest BCUT2D eigenvalue weighted by Gasteiger charge is -2.17. The predicted octanol–water partition coefficient (Wildman–Crippen LogP) is 2.85. The van der Waals surface area contributed by atoms with Gasteiger partial charge in [0.2, 0.25) is 0 Å². The standard InChI is InChI=1S/C9H18OS/c1-6-7-8(2)11(10)9(3,4)5/h7H,6H2,1-5H3. The van der Waals surface area contributed by atoms with Crippen molar-refractivity contribution in [1.82, 2.24) is 0 Å². The van der Waals surface area contributed by atoms with Crippen molar-refractivity contribution in [2.24, 2.45) is 0 Å². The van der Waals surface area contributed by atoms with Crippen LogP contribution in [0.1, 0.15) is 41.0 Å². The quantitative estimate of drug-likeness (QED) is 0.629. The van der Waals surface area contributed by atoms with Crippen LogP contribution in [-0.4, -0.2) is 8.96 Å². The molecule has 0 rings (SSSR count). The van der Waals surface area contributed by atoms with E-state index in [0.29, 0.717) is 0 Å². The summed E-state index contributed by atoms with van der Waals surface area (Å²) in [4.78, 5) is 1.00. The summed E-state index contributed by atoms with van der Waals surface area (Å²) in [5.74, 6) is 0. The fraction of sp³-hybridized carbons (Fsp3) is 0.778. The molecule has 0 bridgehead atoms. The summed E-state index contributed by atoms with van der Waals surface area (Å²) in [5, 5.41) is 0. The minimum atomic E-state index is -0.821. The Morgan fingerprint density at radius 2 is 1.91 bits per heavy atom.